The van der Waals surface area contributed by atoms with Crippen LogP contribution in [0, 0.1) is 0 Å². The van der Waals surface area contributed by atoms with E-state index >= 15 is 0 Å². The van der Waals surface area contributed by atoms with Crippen molar-refractivity contribution in [3.63, 3.8) is 0 Å². The number of hydrogen-bond acceptors (Lipinski definition) is 2. The molecule has 0 spiro atoms. The number of rotatable bonds is 4. The van der Waals surface area contributed by atoms with Gasteiger partial charge in [-0.2, -0.15) is 0 Å². The number of carboxylic acid groups (broad SMARTS) is 1. The van der Waals surface area contributed by atoms with Crippen LogP contribution in [0.2, 0.25) is 0 Å². The molecule has 0 aliphatic heterocycles. The summed E-state index contributed by atoms with van der Waals surface area (Å²) in [5, 5.41) is 11.2. The first-order valence-corrected chi connectivity index (χ1v) is 4.21. The van der Waals surface area contributed by atoms with Crippen molar-refractivity contribution in [3.05, 3.63) is 24.0 Å². The van der Waals surface area contributed by atoms with Crippen molar-refractivity contribution >= 4 is 11.9 Å². The summed E-state index contributed by atoms with van der Waals surface area (Å²) in [6.07, 6.45) is 3.24. The van der Waals surface area contributed by atoms with Gasteiger partial charge in [0.05, 0.1) is 12.5 Å². The van der Waals surface area contributed by atoms with Crippen molar-refractivity contribution in [2.45, 2.75) is 19.4 Å². The quantitative estimate of drug-likeness (QED) is 0.661. The van der Waals surface area contributed by atoms with Gasteiger partial charge in [0.15, 0.2) is 0 Å². The molecule has 14 heavy (non-hydrogen) atoms. The van der Waals surface area contributed by atoms with Gasteiger partial charge in [0.25, 0.3) is 0 Å². The van der Waals surface area contributed by atoms with Gasteiger partial charge in [0, 0.05) is 19.3 Å². The molecule has 1 amide bonds. The molecule has 0 bridgehead atoms. The van der Waals surface area contributed by atoms with Crippen molar-refractivity contribution in [1.29, 1.82) is 0 Å². The third kappa shape index (κ3) is 2.93. The Morgan fingerprint density at radius 3 is 2.79 bits per heavy atom. The van der Waals surface area contributed by atoms with Crippen LogP contribution in [0.4, 0.5) is 0 Å². The van der Waals surface area contributed by atoms with Crippen molar-refractivity contribution < 1.29 is 14.7 Å². The molecule has 0 fully saturated rings. The Morgan fingerprint density at radius 2 is 2.36 bits per heavy atom. The molecule has 1 aromatic rings. The van der Waals surface area contributed by atoms with E-state index in [0.29, 0.717) is 0 Å². The number of carbonyl (C=O) groups excluding carboxylic acids is 1. The summed E-state index contributed by atoms with van der Waals surface area (Å²) in [7, 11) is 0. The van der Waals surface area contributed by atoms with Crippen LogP contribution >= 0.6 is 0 Å². The van der Waals surface area contributed by atoms with Crippen molar-refractivity contribution in [1.82, 2.24) is 10.3 Å². The minimum atomic E-state index is -0.940. The van der Waals surface area contributed by atoms with Gasteiger partial charge in [-0.1, -0.05) is 0 Å². The van der Waals surface area contributed by atoms with E-state index in [4.69, 9.17) is 5.11 Å². The Balaban J connectivity index is 2.71. The van der Waals surface area contributed by atoms with Gasteiger partial charge >= 0.3 is 5.97 Å². The average Bonchev–Trinajstić information content (AvgIpc) is 2.52. The van der Waals surface area contributed by atoms with Crippen LogP contribution in [-0.4, -0.2) is 22.0 Å². The number of amides is 1. The van der Waals surface area contributed by atoms with Crippen LogP contribution in [0.25, 0.3) is 0 Å². The fraction of sp³-hybridized carbons (Fsp3) is 0.333. The molecule has 1 aromatic heterocycles. The SMILES string of the molecule is CC(=O)NC(CC(=O)O)c1cc[nH]c1. The number of aliphatic carboxylic acids is 1. The first-order chi connectivity index (χ1) is 6.59. The van der Waals surface area contributed by atoms with Crippen LogP contribution in [0.3, 0.4) is 0 Å². The third-order valence-corrected chi connectivity index (χ3v) is 1.78. The number of aromatic nitrogens is 1. The fourth-order valence-corrected chi connectivity index (χ4v) is 1.23. The van der Waals surface area contributed by atoms with E-state index in [1.54, 1.807) is 18.5 Å². The molecule has 0 aliphatic rings. The number of aromatic amines is 1. The molecule has 0 radical (unpaired) electrons. The fourth-order valence-electron chi connectivity index (χ4n) is 1.23. The average molecular weight is 196 g/mol. The summed E-state index contributed by atoms with van der Waals surface area (Å²) in [5.74, 6) is -1.18. The van der Waals surface area contributed by atoms with Gasteiger partial charge in [0.2, 0.25) is 5.91 Å². The van der Waals surface area contributed by atoms with E-state index in [2.05, 4.69) is 10.3 Å². The lowest BCUT2D eigenvalue weighted by molar-refractivity contribution is -0.137. The second kappa shape index (κ2) is 4.45. The van der Waals surface area contributed by atoms with Gasteiger partial charge in [-0.15, -0.1) is 0 Å². The first kappa shape index (κ1) is 10.3. The topological polar surface area (TPSA) is 82.2 Å². The summed E-state index contributed by atoms with van der Waals surface area (Å²) >= 11 is 0. The van der Waals surface area contributed by atoms with E-state index in [1.807, 2.05) is 0 Å². The lowest BCUT2D eigenvalue weighted by Crippen LogP contribution is -2.27. The molecule has 1 rings (SSSR count). The van der Waals surface area contributed by atoms with Crippen LogP contribution in [0.5, 0.6) is 0 Å². The standard InChI is InChI=1S/C9H12N2O3/c1-6(12)11-8(4-9(13)14)7-2-3-10-5-7/h2-3,5,8,10H,4H2,1H3,(H,11,12)(H,13,14). The number of nitrogens with one attached hydrogen (secondary N) is 2. The number of hydrogen-bond donors (Lipinski definition) is 3. The molecule has 1 unspecified atom stereocenters. The van der Waals surface area contributed by atoms with E-state index in [9.17, 15) is 9.59 Å². The Hall–Kier alpha value is -1.78. The van der Waals surface area contributed by atoms with Crippen molar-refractivity contribution in [2.75, 3.05) is 0 Å². The smallest absolute Gasteiger partial charge is 0.305 e. The number of carbonyl (C=O) groups is 2. The second-order valence-electron chi connectivity index (χ2n) is 3.00. The zero-order chi connectivity index (χ0) is 10.6. The largest absolute Gasteiger partial charge is 0.481 e. The molecular formula is C9H12N2O3. The number of carboxylic acids is 1. The maximum atomic E-state index is 10.8. The Bertz CT molecular complexity index is 303. The minimum absolute atomic E-state index is 0.114. The van der Waals surface area contributed by atoms with E-state index in [0.717, 1.165) is 5.56 Å². The lowest BCUT2D eigenvalue weighted by atomic mass is 10.1. The highest BCUT2D eigenvalue weighted by Gasteiger charge is 2.16. The Kier molecular flexibility index (Phi) is 3.28. The minimum Gasteiger partial charge on any atom is -0.481 e. The summed E-state index contributed by atoms with van der Waals surface area (Å²) in [5.41, 5.74) is 0.766. The molecule has 5 nitrogen and oxygen atoms in total. The normalized spacial score (nSPS) is 12.1. The van der Waals surface area contributed by atoms with E-state index in [-0.39, 0.29) is 12.3 Å². The summed E-state index contributed by atoms with van der Waals surface area (Å²) < 4.78 is 0. The molecule has 0 saturated heterocycles. The van der Waals surface area contributed by atoms with Gasteiger partial charge in [0.1, 0.15) is 0 Å². The summed E-state index contributed by atoms with van der Waals surface area (Å²) in [4.78, 5) is 24.2. The summed E-state index contributed by atoms with van der Waals surface area (Å²) in [6, 6.07) is 1.28. The lowest BCUT2D eigenvalue weighted by Gasteiger charge is -2.13. The number of H-pyrrole nitrogens is 1. The predicted molar refractivity (Wildman–Crippen MR) is 49.6 cm³/mol. The molecule has 0 saturated carbocycles. The van der Waals surface area contributed by atoms with Gasteiger partial charge in [-0.25, -0.2) is 0 Å². The molecule has 0 aromatic carbocycles. The van der Waals surface area contributed by atoms with Crippen molar-refractivity contribution in [2.24, 2.45) is 0 Å². The van der Waals surface area contributed by atoms with Crippen molar-refractivity contribution in [3.8, 4) is 0 Å². The second-order valence-corrected chi connectivity index (χ2v) is 3.00. The van der Waals surface area contributed by atoms with Crippen LogP contribution in [-0.2, 0) is 9.59 Å². The third-order valence-electron chi connectivity index (χ3n) is 1.78. The Labute approximate surface area is 81.1 Å². The molecule has 1 atom stereocenters. The molecule has 0 aliphatic carbocycles. The molecule has 76 valence electrons. The summed E-state index contributed by atoms with van der Waals surface area (Å²) in [6.45, 7) is 1.36. The highest BCUT2D eigenvalue weighted by molar-refractivity contribution is 5.75. The van der Waals surface area contributed by atoms with Gasteiger partial charge in [-0.05, 0) is 11.6 Å². The van der Waals surface area contributed by atoms with Gasteiger partial charge in [-0.3, -0.25) is 9.59 Å². The van der Waals surface area contributed by atoms with E-state index < -0.39 is 12.0 Å². The monoisotopic (exact) mass is 196 g/mol. The highest BCUT2D eigenvalue weighted by atomic mass is 16.4. The maximum Gasteiger partial charge on any atom is 0.305 e. The molecule has 1 heterocycles. The molecular weight excluding hydrogens is 184 g/mol. The zero-order valence-electron chi connectivity index (χ0n) is 7.78. The van der Waals surface area contributed by atoms with E-state index in [1.165, 1.54) is 6.92 Å². The molecule has 5 heteroatoms. The van der Waals surface area contributed by atoms with Crippen LogP contribution in [0.15, 0.2) is 18.5 Å². The van der Waals surface area contributed by atoms with Gasteiger partial charge < -0.3 is 15.4 Å². The maximum absolute atomic E-state index is 10.8. The highest BCUT2D eigenvalue weighted by Crippen LogP contribution is 2.15. The zero-order valence-corrected chi connectivity index (χ0v) is 7.78. The van der Waals surface area contributed by atoms with Crippen LogP contribution in [0.1, 0.15) is 24.9 Å². The molecule has 3 N–H and O–H groups in total. The Morgan fingerprint density at radius 1 is 1.64 bits per heavy atom. The van der Waals surface area contributed by atoms with Crippen LogP contribution < -0.4 is 5.32 Å². The first-order valence-electron chi connectivity index (χ1n) is 4.21. The predicted octanol–water partition coefficient (Wildman–Crippen LogP) is 0.667.